The zero-order chi connectivity index (χ0) is 19.8. The van der Waals surface area contributed by atoms with Gasteiger partial charge in [0.15, 0.2) is 0 Å². The van der Waals surface area contributed by atoms with Crippen LogP contribution in [0.5, 0.6) is 0 Å². The molecule has 2 aliphatic rings. The van der Waals surface area contributed by atoms with Crippen molar-refractivity contribution in [2.24, 2.45) is 0 Å². The molecule has 0 spiro atoms. The second-order valence-corrected chi connectivity index (χ2v) is 7.91. The molecule has 8 heteroatoms. The normalized spacial score (nSPS) is 17.3. The Morgan fingerprint density at radius 2 is 1.83 bits per heavy atom. The van der Waals surface area contributed by atoms with Crippen LogP contribution in [0.25, 0.3) is 11.0 Å². The van der Waals surface area contributed by atoms with Crippen LogP contribution in [-0.2, 0) is 0 Å². The summed E-state index contributed by atoms with van der Waals surface area (Å²) in [6, 6.07) is 5.82. The number of aromatic nitrogens is 4. The number of fused-ring (bicyclic) bond motifs is 1. The first kappa shape index (κ1) is 17.9. The number of pyridine rings is 2. The van der Waals surface area contributed by atoms with Crippen LogP contribution < -0.4 is 21.5 Å². The quantitative estimate of drug-likeness (QED) is 0.704. The average Bonchev–Trinajstić information content (AvgIpc) is 3.44. The van der Waals surface area contributed by atoms with Gasteiger partial charge in [-0.3, -0.25) is 9.36 Å². The molecule has 29 heavy (non-hydrogen) atoms. The molecule has 1 saturated carbocycles. The number of nitrogens with two attached hydrogens (primary N) is 1. The lowest BCUT2D eigenvalue weighted by Gasteiger charge is -2.18. The van der Waals surface area contributed by atoms with Gasteiger partial charge in [0.2, 0.25) is 5.95 Å². The molecule has 1 saturated heterocycles. The molecule has 3 aromatic heterocycles. The predicted octanol–water partition coefficient (Wildman–Crippen LogP) is 3.23. The van der Waals surface area contributed by atoms with Gasteiger partial charge in [-0.1, -0.05) is 12.8 Å². The molecule has 3 aromatic rings. The van der Waals surface area contributed by atoms with E-state index in [2.05, 4.69) is 31.2 Å². The summed E-state index contributed by atoms with van der Waals surface area (Å²) in [6.07, 6.45) is 10.3. The summed E-state index contributed by atoms with van der Waals surface area (Å²) in [5, 5.41) is 3.94. The smallest absolute Gasteiger partial charge is 0.275 e. The molecule has 0 amide bonds. The van der Waals surface area contributed by atoms with E-state index in [1.165, 1.54) is 12.8 Å². The molecule has 8 nitrogen and oxygen atoms in total. The van der Waals surface area contributed by atoms with Gasteiger partial charge >= 0.3 is 0 Å². The number of nitrogens with one attached hydrogen (secondary N) is 1. The van der Waals surface area contributed by atoms with E-state index in [-0.39, 0.29) is 17.3 Å². The van der Waals surface area contributed by atoms with Crippen molar-refractivity contribution in [1.82, 2.24) is 19.5 Å². The fourth-order valence-electron chi connectivity index (χ4n) is 4.44. The molecule has 0 radical (unpaired) electrons. The fraction of sp³-hybridized carbons (Fsp3) is 0.429. The Morgan fingerprint density at radius 3 is 2.55 bits per heavy atom. The van der Waals surface area contributed by atoms with Crippen molar-refractivity contribution < 1.29 is 0 Å². The SMILES string of the molecule is Nc1cc2cnc(Nc3ccc(N4CCCC4)cn3)nc2n(C2CCCC2)c1=O. The van der Waals surface area contributed by atoms with Gasteiger partial charge in [-0.25, -0.2) is 9.97 Å². The third-order valence-corrected chi connectivity index (χ3v) is 5.95. The van der Waals surface area contributed by atoms with Crippen LogP contribution in [0.3, 0.4) is 0 Å². The van der Waals surface area contributed by atoms with Gasteiger partial charge in [0.25, 0.3) is 5.56 Å². The maximum absolute atomic E-state index is 12.7. The second-order valence-electron chi connectivity index (χ2n) is 7.91. The Hall–Kier alpha value is -3.16. The Labute approximate surface area is 168 Å². The molecule has 0 aromatic carbocycles. The zero-order valence-electron chi connectivity index (χ0n) is 16.3. The minimum absolute atomic E-state index is 0.147. The van der Waals surface area contributed by atoms with Crippen LogP contribution in [0.4, 0.5) is 23.1 Å². The van der Waals surface area contributed by atoms with Crippen molar-refractivity contribution >= 4 is 34.2 Å². The van der Waals surface area contributed by atoms with Crippen LogP contribution >= 0.6 is 0 Å². The van der Waals surface area contributed by atoms with Gasteiger partial charge in [-0.2, -0.15) is 4.98 Å². The molecule has 0 unspecified atom stereocenters. The lowest BCUT2D eigenvalue weighted by atomic mass is 10.2. The Balaban J connectivity index is 1.47. The third-order valence-electron chi connectivity index (χ3n) is 5.95. The van der Waals surface area contributed by atoms with E-state index in [1.54, 1.807) is 16.8 Å². The van der Waals surface area contributed by atoms with Crippen LogP contribution in [0.2, 0.25) is 0 Å². The molecule has 1 aliphatic heterocycles. The first-order valence-electron chi connectivity index (χ1n) is 10.3. The monoisotopic (exact) mass is 391 g/mol. The summed E-state index contributed by atoms with van der Waals surface area (Å²) in [6.45, 7) is 2.17. The first-order chi connectivity index (χ1) is 14.2. The maximum Gasteiger partial charge on any atom is 0.275 e. The number of hydrogen-bond acceptors (Lipinski definition) is 7. The van der Waals surface area contributed by atoms with Gasteiger partial charge in [-0.15, -0.1) is 0 Å². The van der Waals surface area contributed by atoms with Crippen molar-refractivity contribution in [3.63, 3.8) is 0 Å². The Morgan fingerprint density at radius 1 is 1.03 bits per heavy atom. The summed E-state index contributed by atoms with van der Waals surface area (Å²) in [5.74, 6) is 1.10. The molecule has 0 bridgehead atoms. The van der Waals surface area contributed by atoms with E-state index < -0.39 is 0 Å². The lowest BCUT2D eigenvalue weighted by Crippen LogP contribution is -2.27. The lowest BCUT2D eigenvalue weighted by molar-refractivity contribution is 0.517. The average molecular weight is 391 g/mol. The highest BCUT2D eigenvalue weighted by atomic mass is 16.1. The molecule has 0 atom stereocenters. The first-order valence-corrected chi connectivity index (χ1v) is 10.3. The standard InChI is InChI=1S/C21H25N7O/c22-17-11-14-12-24-21(26-19(14)28(20(17)29)15-5-1-2-6-15)25-18-8-7-16(13-23-18)27-9-3-4-10-27/h7-8,11-13,15H,1-6,9-10,22H2,(H,23,24,25,26). The summed E-state index contributed by atoms with van der Waals surface area (Å²) < 4.78 is 1.76. The Bertz CT molecular complexity index is 1080. The Kier molecular flexibility index (Phi) is 4.54. The minimum atomic E-state index is -0.165. The highest BCUT2D eigenvalue weighted by Gasteiger charge is 2.22. The third kappa shape index (κ3) is 3.39. The van der Waals surface area contributed by atoms with Crippen molar-refractivity contribution in [3.05, 3.63) is 40.9 Å². The summed E-state index contributed by atoms with van der Waals surface area (Å²) in [7, 11) is 0. The van der Waals surface area contributed by atoms with Crippen LogP contribution in [-0.4, -0.2) is 32.6 Å². The van der Waals surface area contributed by atoms with Gasteiger partial charge in [0, 0.05) is 30.7 Å². The highest BCUT2D eigenvalue weighted by Crippen LogP contribution is 2.31. The number of anilines is 4. The van der Waals surface area contributed by atoms with E-state index in [0.717, 1.165) is 49.8 Å². The molecular formula is C21H25N7O. The van der Waals surface area contributed by atoms with Crippen LogP contribution in [0.1, 0.15) is 44.6 Å². The van der Waals surface area contributed by atoms with Crippen molar-refractivity contribution in [2.75, 3.05) is 29.0 Å². The molecule has 150 valence electrons. The topological polar surface area (TPSA) is 102 Å². The van der Waals surface area contributed by atoms with Gasteiger partial charge in [0.05, 0.1) is 17.6 Å². The van der Waals surface area contributed by atoms with E-state index in [1.807, 2.05) is 12.3 Å². The molecule has 3 N–H and O–H groups in total. The molecule has 4 heterocycles. The number of nitrogen functional groups attached to an aromatic ring is 1. The molecule has 1 aliphatic carbocycles. The van der Waals surface area contributed by atoms with E-state index in [9.17, 15) is 4.79 Å². The number of nitrogens with zero attached hydrogens (tertiary/aromatic N) is 5. The van der Waals surface area contributed by atoms with E-state index in [0.29, 0.717) is 17.4 Å². The predicted molar refractivity (Wildman–Crippen MR) is 115 cm³/mol. The van der Waals surface area contributed by atoms with Crippen molar-refractivity contribution in [2.45, 2.75) is 44.6 Å². The van der Waals surface area contributed by atoms with E-state index in [4.69, 9.17) is 5.73 Å². The number of rotatable bonds is 4. The van der Waals surface area contributed by atoms with Crippen LogP contribution in [0, 0.1) is 0 Å². The second kappa shape index (κ2) is 7.35. The van der Waals surface area contributed by atoms with Crippen molar-refractivity contribution in [1.29, 1.82) is 0 Å². The fourth-order valence-corrected chi connectivity index (χ4v) is 4.44. The largest absolute Gasteiger partial charge is 0.394 e. The van der Waals surface area contributed by atoms with Crippen LogP contribution in [0.15, 0.2) is 35.4 Å². The number of hydrogen-bond donors (Lipinski definition) is 2. The van der Waals surface area contributed by atoms with Gasteiger partial charge in [-0.05, 0) is 43.9 Å². The maximum atomic E-state index is 12.7. The molecular weight excluding hydrogens is 366 g/mol. The summed E-state index contributed by atoms with van der Waals surface area (Å²) in [4.78, 5) is 28.6. The van der Waals surface area contributed by atoms with Gasteiger partial charge < -0.3 is 16.0 Å². The summed E-state index contributed by atoms with van der Waals surface area (Å²) in [5.41, 5.74) is 7.81. The van der Waals surface area contributed by atoms with E-state index >= 15 is 0 Å². The molecule has 2 fully saturated rings. The molecule has 5 rings (SSSR count). The minimum Gasteiger partial charge on any atom is -0.394 e. The zero-order valence-corrected chi connectivity index (χ0v) is 16.3. The highest BCUT2D eigenvalue weighted by molar-refractivity contribution is 5.79. The van der Waals surface area contributed by atoms with Crippen molar-refractivity contribution in [3.8, 4) is 0 Å². The summed E-state index contributed by atoms with van der Waals surface area (Å²) >= 11 is 0. The van der Waals surface area contributed by atoms with Gasteiger partial charge in [0.1, 0.15) is 11.5 Å².